The minimum Gasteiger partial charge on any atom is -0.508 e. The molecule has 0 saturated heterocycles. The number of nitrogens with two attached hydrogens (primary N) is 1. The first-order chi connectivity index (χ1) is 43.9. The lowest BCUT2D eigenvalue weighted by molar-refractivity contribution is -0.144. The number of carboxylic acid groups (broad SMARTS) is 3. The molecule has 0 aliphatic heterocycles. The number of aliphatic hydroxyl groups excluding tert-OH is 2. The predicted octanol–water partition coefficient (Wildman–Crippen LogP) is -2.91. The molecular formula is C60H98N12O20S2. The normalized spacial score (nSPS) is 15.5. The van der Waals surface area contributed by atoms with Crippen molar-refractivity contribution in [3.8, 4) is 5.75 Å². The zero-order valence-electron chi connectivity index (χ0n) is 54.7. The Morgan fingerprint density at radius 3 is 1.10 bits per heavy atom. The average molecular weight is 1370 g/mol. The van der Waals surface area contributed by atoms with Gasteiger partial charge in [-0.2, -0.15) is 25.3 Å². The Balaban J connectivity index is 3.59. The third-order valence-electron chi connectivity index (χ3n) is 14.4. The quantitative estimate of drug-likeness (QED) is 0.0291. The van der Waals surface area contributed by atoms with Crippen LogP contribution in [0.5, 0.6) is 5.75 Å². The molecule has 1 aromatic rings. The number of phenols is 1. The summed E-state index contributed by atoms with van der Waals surface area (Å²) in [7, 11) is 0. The fraction of sp³-hybridized carbons (Fsp3) is 0.667. The van der Waals surface area contributed by atoms with Crippen LogP contribution in [-0.4, -0.2) is 211 Å². The van der Waals surface area contributed by atoms with Gasteiger partial charge in [0.25, 0.3) is 0 Å². The van der Waals surface area contributed by atoms with Gasteiger partial charge in [0.2, 0.25) is 65.0 Å². The number of hydrogen-bond acceptors (Lipinski definition) is 20. The number of aromatic hydroxyl groups is 1. The SMILES string of the molecule is CC[C@H](C)[C@H](NC(=O)[C@H](CS)NC(=O)[C@H](CC(C)C)NC(=O)[C@H](CCC(=O)O)NC(=O)[C@H](CC(C)C)NC(=O)[C@H](CC(C)C)NC(=O)[C@H](CC(=O)O)NC(=O)[C@H](CO)NC(=O)[C@H](Cc1ccc(O)cc1)NC(=O)[C@H](CC(C)C)NC(=O)[C@H](CS)NC(=O)[C@@H](N)CO)C(=O)O. The number of phenolic OH excluding ortho intramolecular Hbond substituents is 1. The van der Waals surface area contributed by atoms with Crippen molar-refractivity contribution in [2.75, 3.05) is 24.7 Å². The molecule has 0 spiro atoms. The third kappa shape index (κ3) is 31.0. The van der Waals surface area contributed by atoms with Crippen LogP contribution in [0.4, 0.5) is 0 Å². The lowest BCUT2D eigenvalue weighted by atomic mass is 9.98. The Kier molecular flexibility index (Phi) is 38.1. The molecule has 0 radical (unpaired) electrons. The highest BCUT2D eigenvalue weighted by atomic mass is 32.1. The van der Waals surface area contributed by atoms with Crippen LogP contribution in [0.3, 0.4) is 0 Å². The van der Waals surface area contributed by atoms with Crippen LogP contribution in [0.1, 0.15) is 126 Å². The fourth-order valence-corrected chi connectivity index (χ4v) is 9.66. The zero-order valence-corrected chi connectivity index (χ0v) is 56.5. The van der Waals surface area contributed by atoms with Gasteiger partial charge in [-0.3, -0.25) is 62.3 Å². The predicted molar refractivity (Wildman–Crippen MR) is 347 cm³/mol. The highest BCUT2D eigenvalue weighted by Gasteiger charge is 2.38. The lowest BCUT2D eigenvalue weighted by Crippen LogP contribution is -2.62. The van der Waals surface area contributed by atoms with Gasteiger partial charge in [-0.25, -0.2) is 4.79 Å². The monoisotopic (exact) mass is 1370 g/mol. The van der Waals surface area contributed by atoms with E-state index < -0.39 is 200 Å². The molecule has 34 heteroatoms. The van der Waals surface area contributed by atoms with Crippen molar-refractivity contribution in [2.45, 2.75) is 200 Å². The van der Waals surface area contributed by atoms with Gasteiger partial charge in [0.15, 0.2) is 0 Å². The molecule has 0 fully saturated rings. The van der Waals surface area contributed by atoms with Crippen molar-refractivity contribution in [1.82, 2.24) is 58.5 Å². The van der Waals surface area contributed by atoms with E-state index in [9.17, 15) is 97.8 Å². The number of hydrogen-bond donors (Lipinski definition) is 20. The maximum atomic E-state index is 14.3. The number of carboxylic acids is 3. The van der Waals surface area contributed by atoms with Crippen LogP contribution < -0.4 is 64.2 Å². The van der Waals surface area contributed by atoms with Crippen LogP contribution >= 0.6 is 25.3 Å². The summed E-state index contributed by atoms with van der Waals surface area (Å²) in [4.78, 5) is 188. The topological polar surface area (TPSA) is 519 Å². The minimum absolute atomic E-state index is 0.0259. The number of benzene rings is 1. The molecule has 530 valence electrons. The number of carbonyl (C=O) groups is 14. The highest BCUT2D eigenvalue weighted by molar-refractivity contribution is 7.80. The van der Waals surface area contributed by atoms with E-state index in [4.69, 9.17) is 5.73 Å². The summed E-state index contributed by atoms with van der Waals surface area (Å²) < 4.78 is 0. The number of thiol groups is 2. The molecule has 1 rings (SSSR count). The van der Waals surface area contributed by atoms with E-state index in [0.717, 1.165) is 0 Å². The fourth-order valence-electron chi connectivity index (χ4n) is 9.14. The van der Waals surface area contributed by atoms with E-state index >= 15 is 0 Å². The van der Waals surface area contributed by atoms with Crippen LogP contribution in [0, 0.1) is 29.6 Å². The summed E-state index contributed by atoms with van der Waals surface area (Å²) in [5, 5.41) is 85.7. The molecule has 0 aliphatic rings. The number of rotatable bonds is 44. The first-order valence-electron chi connectivity index (χ1n) is 30.9. The van der Waals surface area contributed by atoms with Crippen molar-refractivity contribution in [1.29, 1.82) is 0 Å². The van der Waals surface area contributed by atoms with Crippen LogP contribution in [0.25, 0.3) is 0 Å². The van der Waals surface area contributed by atoms with Gasteiger partial charge < -0.3 is 94.9 Å². The molecule has 0 heterocycles. The summed E-state index contributed by atoms with van der Waals surface area (Å²) in [6.45, 7) is 14.9. The van der Waals surface area contributed by atoms with Crippen molar-refractivity contribution in [3.63, 3.8) is 0 Å². The summed E-state index contributed by atoms with van der Waals surface area (Å²) in [6.07, 6.45) is -2.66. The molecule has 0 bridgehead atoms. The molecule has 1 aromatic carbocycles. The van der Waals surface area contributed by atoms with Crippen LogP contribution in [-0.2, 0) is 73.5 Å². The summed E-state index contributed by atoms with van der Waals surface area (Å²) in [5.74, 6) is -18.1. The van der Waals surface area contributed by atoms with E-state index in [-0.39, 0.29) is 67.1 Å². The molecular weight excluding hydrogens is 1270 g/mol. The van der Waals surface area contributed by atoms with Crippen molar-refractivity contribution >= 4 is 108 Å². The largest absolute Gasteiger partial charge is 0.508 e. The van der Waals surface area contributed by atoms with Gasteiger partial charge in [-0.15, -0.1) is 0 Å². The first kappa shape index (κ1) is 84.2. The molecule has 0 unspecified atom stereocenters. The second-order valence-corrected chi connectivity index (χ2v) is 25.3. The van der Waals surface area contributed by atoms with E-state index in [1.807, 2.05) is 0 Å². The van der Waals surface area contributed by atoms with Crippen LogP contribution in [0.15, 0.2) is 24.3 Å². The number of aliphatic carboxylic acids is 3. The number of aliphatic hydroxyl groups is 2. The molecule has 0 saturated carbocycles. The van der Waals surface area contributed by atoms with Gasteiger partial charge in [0, 0.05) is 24.3 Å². The number of carbonyl (C=O) groups excluding carboxylic acids is 11. The number of nitrogens with one attached hydrogen (secondary N) is 11. The van der Waals surface area contributed by atoms with E-state index in [1.54, 1.807) is 69.2 Å². The maximum Gasteiger partial charge on any atom is 0.326 e. The lowest BCUT2D eigenvalue weighted by Gasteiger charge is -2.29. The van der Waals surface area contributed by atoms with Gasteiger partial charge in [0.05, 0.1) is 19.6 Å². The second-order valence-electron chi connectivity index (χ2n) is 24.6. The molecule has 11 amide bonds. The van der Waals surface area contributed by atoms with Crippen LogP contribution in [0.2, 0.25) is 0 Å². The molecule has 0 aromatic heterocycles. The average Bonchev–Trinajstić information content (AvgIpc) is 0.917. The molecule has 19 N–H and O–H groups in total. The maximum absolute atomic E-state index is 14.3. The third-order valence-corrected chi connectivity index (χ3v) is 15.1. The molecule has 94 heavy (non-hydrogen) atoms. The van der Waals surface area contributed by atoms with Crippen molar-refractivity contribution < 1.29 is 97.8 Å². The Hall–Kier alpha value is -7.82. The number of amides is 11. The van der Waals surface area contributed by atoms with E-state index in [1.165, 1.54) is 24.3 Å². The Morgan fingerprint density at radius 2 is 0.734 bits per heavy atom. The summed E-state index contributed by atoms with van der Waals surface area (Å²) in [6, 6.07) is -13.2. The first-order valence-corrected chi connectivity index (χ1v) is 32.2. The minimum atomic E-state index is -2.03. The van der Waals surface area contributed by atoms with E-state index in [0.29, 0.717) is 12.0 Å². The van der Waals surface area contributed by atoms with Gasteiger partial charge in [-0.1, -0.05) is 87.8 Å². The smallest absolute Gasteiger partial charge is 0.326 e. The molecule has 32 nitrogen and oxygen atoms in total. The van der Waals surface area contributed by atoms with E-state index in [2.05, 4.69) is 83.7 Å². The van der Waals surface area contributed by atoms with Gasteiger partial charge in [-0.05, 0) is 79.4 Å². The standard InChI is InChI=1S/C60H98N12O20S2/c1-11-32(10)48(60(91)92)72-59(90)45(27-94)71-54(85)40(21-31(8)9)63-50(81)36(16-17-46(76)77)62-51(82)37(18-28(2)3)64-52(83)38(19-29(4)5)65-56(87)42(23-47(78)79)68-57(88)43(25-74)69-55(86)41(22-33-12-14-34(75)15-13-33)67-53(84)39(20-30(6)7)66-58(89)44(26-93)70-49(80)35(61)24-73/h12-15,28-32,35-45,48,73-75,93-94H,11,16-27,61H2,1-10H3,(H,62,82)(H,63,81)(H,64,83)(H,65,87)(H,66,89)(H,67,84)(H,68,88)(H,69,86)(H,70,80)(H,71,85)(H,72,90)(H,76,77)(H,78,79)(H,91,92)/t32-,35-,36-,37-,38-,39-,40-,41-,42-,43-,44-,45-,48-/m0/s1. The summed E-state index contributed by atoms with van der Waals surface area (Å²) >= 11 is 8.28. The van der Waals surface area contributed by atoms with Gasteiger partial charge >= 0.3 is 17.9 Å². The molecule has 0 aliphatic carbocycles. The van der Waals surface area contributed by atoms with Gasteiger partial charge in [0.1, 0.15) is 78.3 Å². The highest BCUT2D eigenvalue weighted by Crippen LogP contribution is 2.16. The Morgan fingerprint density at radius 1 is 0.415 bits per heavy atom. The Bertz CT molecular complexity index is 2740. The second kappa shape index (κ2) is 42.5. The van der Waals surface area contributed by atoms with Crippen molar-refractivity contribution in [3.05, 3.63) is 29.8 Å². The zero-order chi connectivity index (χ0) is 71.9. The van der Waals surface area contributed by atoms with Crippen molar-refractivity contribution in [2.24, 2.45) is 35.3 Å². The molecule has 13 atom stereocenters. The summed E-state index contributed by atoms with van der Waals surface area (Å²) in [5.41, 5.74) is 5.93. The Labute approximate surface area is 557 Å².